The maximum atomic E-state index is 13.7. The molecular formula is C24H30N2O. The van der Waals surface area contributed by atoms with Gasteiger partial charge in [0.2, 0.25) is 5.91 Å². The molecule has 0 bridgehead atoms. The highest BCUT2D eigenvalue weighted by atomic mass is 16.2. The third-order valence-corrected chi connectivity index (χ3v) is 6.61. The Morgan fingerprint density at radius 3 is 2.41 bits per heavy atom. The van der Waals surface area contributed by atoms with Crippen LogP contribution in [0.4, 0.5) is 0 Å². The first kappa shape index (κ1) is 18.2. The number of amides is 1. The van der Waals surface area contributed by atoms with Crippen molar-refractivity contribution in [1.82, 2.24) is 9.80 Å². The van der Waals surface area contributed by atoms with Crippen LogP contribution in [0.25, 0.3) is 0 Å². The highest BCUT2D eigenvalue weighted by molar-refractivity contribution is 5.89. The first-order chi connectivity index (χ1) is 13.1. The summed E-state index contributed by atoms with van der Waals surface area (Å²) in [6.45, 7) is 1.77. The molecule has 2 aromatic rings. The van der Waals surface area contributed by atoms with Crippen molar-refractivity contribution >= 4 is 5.91 Å². The van der Waals surface area contributed by atoms with Crippen LogP contribution in [0.5, 0.6) is 0 Å². The summed E-state index contributed by atoms with van der Waals surface area (Å²) in [6, 6.07) is 19.2. The van der Waals surface area contributed by atoms with Crippen molar-refractivity contribution < 1.29 is 4.79 Å². The number of carbonyl (C=O) groups excluding carboxylic acids is 1. The molecule has 0 saturated carbocycles. The summed E-state index contributed by atoms with van der Waals surface area (Å²) in [7, 11) is 4.12. The third kappa shape index (κ3) is 3.29. The van der Waals surface area contributed by atoms with Gasteiger partial charge in [0.05, 0.1) is 0 Å². The van der Waals surface area contributed by atoms with Crippen LogP contribution in [-0.4, -0.2) is 42.9 Å². The van der Waals surface area contributed by atoms with Crippen LogP contribution in [0.3, 0.4) is 0 Å². The van der Waals surface area contributed by atoms with Crippen molar-refractivity contribution in [2.24, 2.45) is 5.92 Å². The smallest absolute Gasteiger partial charge is 0.247 e. The number of hydrogen-bond donors (Lipinski definition) is 0. The van der Waals surface area contributed by atoms with E-state index in [4.69, 9.17) is 0 Å². The van der Waals surface area contributed by atoms with Gasteiger partial charge in [0, 0.05) is 13.1 Å². The molecule has 4 rings (SSSR count). The van der Waals surface area contributed by atoms with Crippen molar-refractivity contribution in [3.8, 4) is 0 Å². The van der Waals surface area contributed by atoms with Crippen LogP contribution in [0.15, 0.2) is 54.6 Å². The summed E-state index contributed by atoms with van der Waals surface area (Å²) >= 11 is 0. The van der Waals surface area contributed by atoms with Crippen LogP contribution in [-0.2, 0) is 23.2 Å². The number of rotatable bonds is 4. The van der Waals surface area contributed by atoms with Crippen molar-refractivity contribution in [2.45, 2.75) is 37.6 Å². The SMILES string of the molecule is CN(C)C1(C(=O)N2CCC(Cc3ccccc3)CC2)CCc2ccccc21. The molecule has 1 amide bonds. The molecule has 2 aliphatic rings. The van der Waals surface area contributed by atoms with Gasteiger partial charge in [-0.3, -0.25) is 9.69 Å². The number of hydrogen-bond acceptors (Lipinski definition) is 2. The monoisotopic (exact) mass is 362 g/mol. The van der Waals surface area contributed by atoms with Gasteiger partial charge in [-0.1, -0.05) is 54.6 Å². The Labute approximate surface area is 163 Å². The Hall–Kier alpha value is -2.13. The molecule has 0 N–H and O–H groups in total. The minimum absolute atomic E-state index is 0.301. The molecule has 1 heterocycles. The Bertz CT molecular complexity index is 793. The maximum absolute atomic E-state index is 13.7. The number of likely N-dealkylation sites (tertiary alicyclic amines) is 1. The lowest BCUT2D eigenvalue weighted by atomic mass is 9.86. The number of likely N-dealkylation sites (N-methyl/N-ethyl adjacent to an activating group) is 1. The highest BCUT2D eigenvalue weighted by Crippen LogP contribution is 2.42. The number of benzene rings is 2. The summed E-state index contributed by atoms with van der Waals surface area (Å²) in [5.41, 5.74) is 3.48. The van der Waals surface area contributed by atoms with Crippen LogP contribution >= 0.6 is 0 Å². The van der Waals surface area contributed by atoms with Crippen molar-refractivity contribution in [3.05, 3.63) is 71.3 Å². The zero-order valence-corrected chi connectivity index (χ0v) is 16.5. The predicted molar refractivity (Wildman–Crippen MR) is 110 cm³/mol. The van der Waals surface area contributed by atoms with Gasteiger partial charge in [0.1, 0.15) is 5.54 Å². The minimum Gasteiger partial charge on any atom is -0.341 e. The van der Waals surface area contributed by atoms with Crippen LogP contribution < -0.4 is 0 Å². The van der Waals surface area contributed by atoms with Gasteiger partial charge in [-0.2, -0.15) is 0 Å². The number of carbonyl (C=O) groups is 1. The fraction of sp³-hybridized carbons (Fsp3) is 0.458. The fourth-order valence-electron chi connectivity index (χ4n) is 5.02. The lowest BCUT2D eigenvalue weighted by Crippen LogP contribution is -2.55. The number of piperidine rings is 1. The molecule has 142 valence electrons. The zero-order valence-electron chi connectivity index (χ0n) is 16.5. The third-order valence-electron chi connectivity index (χ3n) is 6.61. The van der Waals surface area contributed by atoms with Crippen molar-refractivity contribution in [1.29, 1.82) is 0 Å². The topological polar surface area (TPSA) is 23.6 Å². The van der Waals surface area contributed by atoms with E-state index >= 15 is 0 Å². The van der Waals surface area contributed by atoms with E-state index in [-0.39, 0.29) is 0 Å². The van der Waals surface area contributed by atoms with Gasteiger partial charge >= 0.3 is 0 Å². The van der Waals surface area contributed by atoms with Gasteiger partial charge in [-0.15, -0.1) is 0 Å². The molecule has 1 aliphatic heterocycles. The second kappa shape index (κ2) is 7.47. The van der Waals surface area contributed by atoms with Crippen molar-refractivity contribution in [3.63, 3.8) is 0 Å². The fourth-order valence-corrected chi connectivity index (χ4v) is 5.02. The number of aryl methyl sites for hydroxylation is 1. The number of fused-ring (bicyclic) bond motifs is 1. The summed E-state index contributed by atoms with van der Waals surface area (Å²) in [5.74, 6) is 0.984. The van der Waals surface area contributed by atoms with E-state index in [1.807, 2.05) is 0 Å². The quantitative estimate of drug-likeness (QED) is 0.824. The van der Waals surface area contributed by atoms with Gasteiger partial charge in [0.25, 0.3) is 0 Å². The normalized spacial score (nSPS) is 22.9. The largest absolute Gasteiger partial charge is 0.341 e. The maximum Gasteiger partial charge on any atom is 0.247 e. The molecule has 3 heteroatoms. The van der Waals surface area contributed by atoms with Crippen LogP contribution in [0.1, 0.15) is 36.0 Å². The molecule has 0 spiro atoms. The lowest BCUT2D eigenvalue weighted by molar-refractivity contribution is -0.145. The molecule has 1 aliphatic carbocycles. The molecule has 1 atom stereocenters. The highest BCUT2D eigenvalue weighted by Gasteiger charge is 2.49. The molecule has 27 heavy (non-hydrogen) atoms. The van der Waals surface area contributed by atoms with E-state index < -0.39 is 5.54 Å². The van der Waals surface area contributed by atoms with Gasteiger partial charge < -0.3 is 4.90 Å². The van der Waals surface area contributed by atoms with Gasteiger partial charge in [0.15, 0.2) is 0 Å². The molecule has 1 unspecified atom stereocenters. The molecule has 0 radical (unpaired) electrons. The predicted octanol–water partition coefficient (Wildman–Crippen LogP) is 3.87. The lowest BCUT2D eigenvalue weighted by Gasteiger charge is -2.42. The van der Waals surface area contributed by atoms with Gasteiger partial charge in [-0.25, -0.2) is 0 Å². The Morgan fingerprint density at radius 2 is 1.70 bits per heavy atom. The minimum atomic E-state index is -0.483. The Balaban J connectivity index is 1.47. The van der Waals surface area contributed by atoms with E-state index in [1.165, 1.54) is 16.7 Å². The molecular weight excluding hydrogens is 332 g/mol. The van der Waals surface area contributed by atoms with Gasteiger partial charge in [-0.05, 0) is 68.8 Å². The summed E-state index contributed by atoms with van der Waals surface area (Å²) < 4.78 is 0. The average molecular weight is 363 g/mol. The number of nitrogens with zero attached hydrogens (tertiary/aromatic N) is 2. The average Bonchev–Trinajstić information content (AvgIpc) is 3.10. The first-order valence-corrected chi connectivity index (χ1v) is 10.2. The standard InChI is InChI=1S/C24H30N2O/c1-25(2)24(15-12-21-10-6-7-11-22(21)24)23(27)26-16-13-20(14-17-26)18-19-8-4-3-5-9-19/h3-11,20H,12-18H2,1-2H3. The first-order valence-electron chi connectivity index (χ1n) is 10.2. The molecule has 1 saturated heterocycles. The van der Waals surface area contributed by atoms with E-state index in [1.54, 1.807) is 0 Å². The van der Waals surface area contributed by atoms with E-state index in [0.717, 1.165) is 45.2 Å². The summed E-state index contributed by atoms with van der Waals surface area (Å²) in [6.07, 6.45) is 5.22. The molecule has 3 nitrogen and oxygen atoms in total. The van der Waals surface area contributed by atoms with Crippen LogP contribution in [0, 0.1) is 5.92 Å². The van der Waals surface area contributed by atoms with E-state index in [2.05, 4.69) is 78.5 Å². The molecule has 0 aromatic heterocycles. The summed E-state index contributed by atoms with van der Waals surface area (Å²) in [4.78, 5) is 18.0. The summed E-state index contributed by atoms with van der Waals surface area (Å²) in [5, 5.41) is 0. The van der Waals surface area contributed by atoms with Crippen molar-refractivity contribution in [2.75, 3.05) is 27.2 Å². The second-order valence-electron chi connectivity index (χ2n) is 8.34. The van der Waals surface area contributed by atoms with Crippen LogP contribution in [0.2, 0.25) is 0 Å². The Kier molecular flexibility index (Phi) is 5.05. The second-order valence-corrected chi connectivity index (χ2v) is 8.34. The zero-order chi connectivity index (χ0) is 18.9. The molecule has 2 aromatic carbocycles. The Morgan fingerprint density at radius 1 is 1.04 bits per heavy atom. The molecule has 1 fully saturated rings. The van der Waals surface area contributed by atoms with E-state index in [9.17, 15) is 4.79 Å². The van der Waals surface area contributed by atoms with E-state index in [0.29, 0.717) is 11.8 Å².